The first kappa shape index (κ1) is 25.7. The average Bonchev–Trinajstić information content (AvgIpc) is 3.39. The fourth-order valence-corrected chi connectivity index (χ4v) is 5.23. The van der Waals surface area contributed by atoms with E-state index in [4.69, 9.17) is 11.6 Å². The molecule has 1 fully saturated rings. The van der Waals surface area contributed by atoms with Gasteiger partial charge in [-0.15, -0.1) is 0 Å². The number of nitrogens with one attached hydrogen (secondary N) is 2. The van der Waals surface area contributed by atoms with Crippen molar-refractivity contribution in [1.82, 2.24) is 15.2 Å². The second-order valence-corrected chi connectivity index (χ2v) is 10.2. The fraction of sp³-hybridized carbons (Fsp3) is 0.233. The zero-order chi connectivity index (χ0) is 26.8. The van der Waals surface area contributed by atoms with Gasteiger partial charge in [0, 0.05) is 86.6 Å². The van der Waals surface area contributed by atoms with E-state index in [-0.39, 0.29) is 5.75 Å². The van der Waals surface area contributed by atoms with Crippen LogP contribution in [0.3, 0.4) is 0 Å². The minimum absolute atomic E-state index is 0.191. The Bertz CT molecular complexity index is 1500. The van der Waals surface area contributed by atoms with E-state index in [1.165, 1.54) is 10.3 Å². The molecule has 7 nitrogen and oxygen atoms in total. The van der Waals surface area contributed by atoms with Gasteiger partial charge in [-0.3, -0.25) is 9.69 Å². The Morgan fingerprint density at radius 1 is 0.974 bits per heavy atom. The lowest BCUT2D eigenvalue weighted by Gasteiger charge is -2.30. The molecule has 8 heteroatoms. The molecule has 38 heavy (non-hydrogen) atoms. The Hall–Kier alpha value is -3.94. The number of piperazine rings is 1. The number of phenols is 1. The lowest BCUT2D eigenvalue weighted by Crippen LogP contribution is -2.43. The monoisotopic (exact) mass is 529 g/mol. The number of rotatable bonds is 7. The van der Waals surface area contributed by atoms with Crippen LogP contribution in [0.25, 0.3) is 33.2 Å². The zero-order valence-corrected chi connectivity index (χ0v) is 22.6. The Morgan fingerprint density at radius 2 is 1.71 bits per heavy atom. The fourth-order valence-electron chi connectivity index (χ4n) is 4.95. The van der Waals surface area contributed by atoms with E-state index in [2.05, 4.69) is 33.4 Å². The van der Waals surface area contributed by atoms with Crippen molar-refractivity contribution in [3.05, 3.63) is 77.7 Å². The van der Waals surface area contributed by atoms with Crippen molar-refractivity contribution in [3.63, 3.8) is 0 Å². The maximum absolute atomic E-state index is 11.7. The number of hydrogen-bond acceptors (Lipinski definition) is 5. The number of phenolic OH excluding ortho intramolecular Hbond substituents is 1. The summed E-state index contributed by atoms with van der Waals surface area (Å²) in [5.41, 5.74) is 6.94. The van der Waals surface area contributed by atoms with Crippen molar-refractivity contribution in [2.45, 2.75) is 6.92 Å². The molecule has 1 aliphatic heterocycles. The number of carbonyl (C=O) groups is 1. The van der Waals surface area contributed by atoms with Gasteiger partial charge in [0.15, 0.2) is 0 Å². The average molecular weight is 530 g/mol. The summed E-state index contributed by atoms with van der Waals surface area (Å²) in [4.78, 5) is 20.7. The van der Waals surface area contributed by atoms with Gasteiger partial charge in [-0.25, -0.2) is 0 Å². The molecule has 4 aromatic rings. The number of halogens is 1. The summed E-state index contributed by atoms with van der Waals surface area (Å²) in [5.74, 6) is 0.191. The predicted molar refractivity (Wildman–Crippen MR) is 157 cm³/mol. The number of carbonyl (C=O) groups excluding carboxylic acids is 1. The zero-order valence-electron chi connectivity index (χ0n) is 21.8. The van der Waals surface area contributed by atoms with Crippen molar-refractivity contribution in [3.8, 4) is 28.0 Å². The molecule has 0 aliphatic carbocycles. The first-order valence-corrected chi connectivity index (χ1v) is 13.0. The third kappa shape index (κ3) is 5.08. The lowest BCUT2D eigenvalue weighted by atomic mass is 9.93. The van der Waals surface area contributed by atoms with Crippen LogP contribution in [-0.4, -0.2) is 61.7 Å². The highest BCUT2D eigenvalue weighted by atomic mass is 35.5. The van der Waals surface area contributed by atoms with E-state index in [0.29, 0.717) is 16.3 Å². The summed E-state index contributed by atoms with van der Waals surface area (Å²) in [6.45, 7) is 5.77. The molecule has 1 aliphatic rings. The number of aromatic amines is 1. The van der Waals surface area contributed by atoms with Crippen molar-refractivity contribution in [1.29, 1.82) is 0 Å². The topological polar surface area (TPSA) is 74.8 Å². The smallest absolute Gasteiger partial charge is 0.218 e. The first-order valence-electron chi connectivity index (χ1n) is 12.6. The number of anilines is 2. The molecule has 1 saturated heterocycles. The van der Waals surface area contributed by atoms with Gasteiger partial charge < -0.3 is 25.2 Å². The molecule has 0 spiro atoms. The van der Waals surface area contributed by atoms with Crippen LogP contribution in [0.5, 0.6) is 5.75 Å². The molecular formula is C30H32ClN5O2. The van der Waals surface area contributed by atoms with E-state index >= 15 is 0 Å². The number of nitrogens with zero attached hydrogens (tertiary/aromatic N) is 3. The highest BCUT2D eigenvalue weighted by Crippen LogP contribution is 2.43. The second kappa shape index (κ2) is 10.8. The van der Waals surface area contributed by atoms with Gasteiger partial charge in [0.2, 0.25) is 6.41 Å². The number of aryl methyl sites for hydroxylation is 1. The Balaban J connectivity index is 1.58. The normalized spacial score (nSPS) is 13.8. The maximum Gasteiger partial charge on any atom is 0.218 e. The van der Waals surface area contributed by atoms with Crippen LogP contribution < -0.4 is 15.1 Å². The summed E-state index contributed by atoms with van der Waals surface area (Å²) in [6, 6.07) is 15.8. The Kier molecular flexibility index (Phi) is 7.31. The van der Waals surface area contributed by atoms with Crippen LogP contribution in [0.1, 0.15) is 5.56 Å². The highest BCUT2D eigenvalue weighted by molar-refractivity contribution is 6.34. The molecule has 2 heterocycles. The predicted octanol–water partition coefficient (Wildman–Crippen LogP) is 5.57. The van der Waals surface area contributed by atoms with Crippen molar-refractivity contribution in [2.75, 3.05) is 50.1 Å². The van der Waals surface area contributed by atoms with Gasteiger partial charge in [0.1, 0.15) is 5.75 Å². The molecule has 0 saturated carbocycles. The van der Waals surface area contributed by atoms with Crippen molar-refractivity contribution < 1.29 is 9.90 Å². The Morgan fingerprint density at radius 3 is 2.39 bits per heavy atom. The summed E-state index contributed by atoms with van der Waals surface area (Å²) < 4.78 is 0. The molecule has 1 amide bonds. The molecule has 0 atom stereocenters. The first-order chi connectivity index (χ1) is 18.4. The molecule has 3 N–H and O–H groups in total. The molecule has 0 bridgehead atoms. The highest BCUT2D eigenvalue weighted by Gasteiger charge is 2.19. The molecule has 5 rings (SSSR count). The van der Waals surface area contributed by atoms with Gasteiger partial charge >= 0.3 is 0 Å². The maximum atomic E-state index is 11.7. The molecule has 196 valence electrons. The van der Waals surface area contributed by atoms with Crippen molar-refractivity contribution in [2.24, 2.45) is 0 Å². The minimum atomic E-state index is 0.191. The third-order valence-electron chi connectivity index (χ3n) is 6.85. The van der Waals surface area contributed by atoms with Crippen LogP contribution in [0, 0.1) is 6.92 Å². The van der Waals surface area contributed by atoms with Gasteiger partial charge in [0.05, 0.1) is 10.7 Å². The summed E-state index contributed by atoms with van der Waals surface area (Å²) in [5, 5.41) is 16.5. The molecule has 0 radical (unpaired) electrons. The number of aromatic hydroxyl groups is 1. The number of hydrogen-bond donors (Lipinski definition) is 3. The van der Waals surface area contributed by atoms with Gasteiger partial charge in [-0.05, 0) is 66.1 Å². The van der Waals surface area contributed by atoms with E-state index in [1.54, 1.807) is 24.5 Å². The second-order valence-electron chi connectivity index (χ2n) is 9.82. The van der Waals surface area contributed by atoms with Crippen LogP contribution in [-0.2, 0) is 4.79 Å². The number of aromatic nitrogens is 1. The van der Waals surface area contributed by atoms with E-state index < -0.39 is 0 Å². The summed E-state index contributed by atoms with van der Waals surface area (Å²) >= 11 is 6.63. The summed E-state index contributed by atoms with van der Waals surface area (Å²) in [7, 11) is 3.76. The number of fused-ring (bicyclic) bond motifs is 1. The van der Waals surface area contributed by atoms with Crippen molar-refractivity contribution >= 4 is 40.3 Å². The Labute approximate surface area is 227 Å². The van der Waals surface area contributed by atoms with Crippen LogP contribution in [0.15, 0.2) is 67.1 Å². The minimum Gasteiger partial charge on any atom is -0.507 e. The van der Waals surface area contributed by atoms with Gasteiger partial charge in [-0.2, -0.15) is 0 Å². The third-order valence-corrected chi connectivity index (χ3v) is 7.15. The van der Waals surface area contributed by atoms with Gasteiger partial charge in [-0.1, -0.05) is 17.7 Å². The van der Waals surface area contributed by atoms with E-state index in [1.807, 2.05) is 50.3 Å². The quantitative estimate of drug-likeness (QED) is 0.273. The molecule has 0 unspecified atom stereocenters. The summed E-state index contributed by atoms with van der Waals surface area (Å²) in [6.07, 6.45) is 6.10. The van der Waals surface area contributed by atoms with Crippen LogP contribution in [0.4, 0.5) is 11.4 Å². The van der Waals surface area contributed by atoms with E-state index in [9.17, 15) is 9.90 Å². The molecule has 3 aromatic carbocycles. The lowest BCUT2D eigenvalue weighted by molar-refractivity contribution is -0.106. The SMILES string of the molecule is Cc1cc(-c2ccc(N(C=O)/C=C\N(C)C)c(Cl)c2)c(O)c(-c2cc(N3CCNCC3)c3cc[nH]c3c2)c1. The van der Waals surface area contributed by atoms with E-state index in [0.717, 1.165) is 66.0 Å². The standard InChI is InChI=1S/C30H32ClN5O2/c1-20-14-24(21-4-5-28(26(31)16-21)36(19-37)13-12-34(2)3)30(38)25(15-20)22-17-27-23(6-7-33-27)29(18-22)35-10-8-32-9-11-35/h4-7,12-19,32-33,38H,8-11H2,1-3H3/b13-12-. The number of H-pyrrole nitrogens is 1. The largest absolute Gasteiger partial charge is 0.507 e. The number of benzene rings is 3. The molecular weight excluding hydrogens is 498 g/mol. The molecule has 1 aromatic heterocycles. The van der Waals surface area contributed by atoms with Gasteiger partial charge in [0.25, 0.3) is 0 Å². The number of amides is 1. The van der Waals surface area contributed by atoms with Crippen LogP contribution in [0.2, 0.25) is 5.02 Å². The van der Waals surface area contributed by atoms with Crippen LogP contribution >= 0.6 is 11.6 Å².